The van der Waals surface area contributed by atoms with Gasteiger partial charge in [-0.1, -0.05) is 0 Å². The molecule has 9 heteroatoms. The number of hydrogen-bond acceptors (Lipinski definition) is 4. The Bertz CT molecular complexity index is 293. The number of rotatable bonds is 5. The van der Waals surface area contributed by atoms with Crippen LogP contribution in [0.4, 0.5) is 0 Å². The summed E-state index contributed by atoms with van der Waals surface area (Å²) in [4.78, 5) is 20.2. The van der Waals surface area contributed by atoms with Gasteiger partial charge < -0.3 is 10.2 Å². The van der Waals surface area contributed by atoms with Gasteiger partial charge >= 0.3 is 11.9 Å². The molecule has 0 bridgehead atoms. The predicted molar refractivity (Wildman–Crippen MR) is 40.0 cm³/mol. The van der Waals surface area contributed by atoms with E-state index in [4.69, 9.17) is 10.2 Å². The highest BCUT2D eigenvalue weighted by molar-refractivity contribution is 7.86. The van der Waals surface area contributed by atoms with Gasteiger partial charge in [-0.15, -0.1) is 0 Å². The van der Waals surface area contributed by atoms with Crippen LogP contribution in [0.3, 0.4) is 0 Å². The summed E-state index contributed by atoms with van der Waals surface area (Å²) in [5, 5.41) is 21.0. The van der Waals surface area contributed by atoms with Crippen molar-refractivity contribution < 1.29 is 28.2 Å². The summed E-state index contributed by atoms with van der Waals surface area (Å²) in [6.07, 6.45) is 0. The Morgan fingerprint density at radius 2 is 1.46 bits per heavy atom. The minimum absolute atomic E-state index is 0.137. The van der Waals surface area contributed by atoms with Crippen molar-refractivity contribution in [2.75, 3.05) is 13.1 Å². The second-order valence-electron chi connectivity index (χ2n) is 2.10. The molecule has 8 nitrogen and oxygen atoms in total. The highest BCUT2D eigenvalue weighted by Crippen LogP contribution is 1.93. The van der Waals surface area contributed by atoms with Crippen molar-refractivity contribution >= 4 is 22.1 Å². The number of nitrogens with two attached hydrogens (primary N) is 1. The van der Waals surface area contributed by atoms with Gasteiger partial charge in [0, 0.05) is 0 Å². The number of nitrogens with zero attached hydrogens (tertiary/aromatic N) is 1. The Morgan fingerprint density at radius 3 is 1.62 bits per heavy atom. The highest BCUT2D eigenvalue weighted by Gasteiger charge is 2.22. The van der Waals surface area contributed by atoms with Crippen molar-refractivity contribution in [2.45, 2.75) is 0 Å². The van der Waals surface area contributed by atoms with Gasteiger partial charge in [0.1, 0.15) is 13.1 Å². The SMILES string of the molecule is NS(=O)(=O)N(CC(=O)O)CC(=O)O. The van der Waals surface area contributed by atoms with E-state index >= 15 is 0 Å². The third kappa shape index (κ3) is 5.11. The smallest absolute Gasteiger partial charge is 0.318 e. The number of carboxylic acids is 2. The number of hydrogen-bond donors (Lipinski definition) is 3. The van der Waals surface area contributed by atoms with E-state index in [1.54, 1.807) is 0 Å². The van der Waals surface area contributed by atoms with Gasteiger partial charge in [-0.05, 0) is 0 Å². The molecule has 0 aromatic heterocycles. The number of aliphatic carboxylic acids is 2. The third-order valence-electron chi connectivity index (χ3n) is 0.983. The van der Waals surface area contributed by atoms with E-state index in [1.807, 2.05) is 0 Å². The van der Waals surface area contributed by atoms with Crippen LogP contribution in [0.2, 0.25) is 0 Å². The van der Waals surface area contributed by atoms with Gasteiger partial charge in [0.2, 0.25) is 0 Å². The Morgan fingerprint density at radius 1 is 1.15 bits per heavy atom. The minimum Gasteiger partial charge on any atom is -0.480 e. The van der Waals surface area contributed by atoms with Crippen LogP contribution in [-0.2, 0) is 19.8 Å². The summed E-state index contributed by atoms with van der Waals surface area (Å²) in [5.74, 6) is -2.95. The molecular weight excluding hydrogens is 204 g/mol. The summed E-state index contributed by atoms with van der Waals surface area (Å²) >= 11 is 0. The molecule has 0 aliphatic rings. The Balaban J connectivity index is 4.57. The molecule has 0 amide bonds. The van der Waals surface area contributed by atoms with Gasteiger partial charge in [-0.3, -0.25) is 9.59 Å². The molecule has 0 aromatic carbocycles. The zero-order valence-corrected chi connectivity index (χ0v) is 7.19. The zero-order valence-electron chi connectivity index (χ0n) is 6.37. The Kier molecular flexibility index (Phi) is 3.78. The van der Waals surface area contributed by atoms with Crippen LogP contribution >= 0.6 is 0 Å². The molecule has 76 valence electrons. The van der Waals surface area contributed by atoms with Gasteiger partial charge in [0.25, 0.3) is 10.2 Å². The van der Waals surface area contributed by atoms with Gasteiger partial charge in [-0.2, -0.15) is 12.7 Å². The summed E-state index contributed by atoms with van der Waals surface area (Å²) < 4.78 is 21.3. The average Bonchev–Trinajstić information content (AvgIpc) is 1.81. The zero-order chi connectivity index (χ0) is 10.6. The quantitative estimate of drug-likeness (QED) is 0.466. The molecule has 0 saturated heterocycles. The van der Waals surface area contributed by atoms with E-state index in [0.29, 0.717) is 0 Å². The molecule has 0 fully saturated rings. The fourth-order valence-corrected chi connectivity index (χ4v) is 1.12. The molecule has 0 atom stereocenters. The fraction of sp³-hybridized carbons (Fsp3) is 0.500. The van der Waals surface area contributed by atoms with Crippen molar-refractivity contribution in [1.82, 2.24) is 4.31 Å². The van der Waals surface area contributed by atoms with Crippen LogP contribution in [0.25, 0.3) is 0 Å². The second kappa shape index (κ2) is 4.16. The lowest BCUT2D eigenvalue weighted by molar-refractivity contribution is -0.139. The lowest BCUT2D eigenvalue weighted by Gasteiger charge is -2.13. The molecule has 0 aliphatic heterocycles. The first-order valence-corrected chi connectivity index (χ1v) is 4.45. The van der Waals surface area contributed by atoms with E-state index in [-0.39, 0.29) is 4.31 Å². The minimum atomic E-state index is -4.28. The van der Waals surface area contributed by atoms with Crippen molar-refractivity contribution in [3.8, 4) is 0 Å². The summed E-state index contributed by atoms with van der Waals surface area (Å²) in [6, 6.07) is 0. The van der Waals surface area contributed by atoms with E-state index < -0.39 is 35.2 Å². The molecule has 0 rings (SSSR count). The summed E-state index contributed by atoms with van der Waals surface area (Å²) in [5.41, 5.74) is 0. The molecule has 0 unspecified atom stereocenters. The van der Waals surface area contributed by atoms with Crippen LogP contribution in [0.5, 0.6) is 0 Å². The fourth-order valence-electron chi connectivity index (χ4n) is 0.538. The summed E-state index contributed by atoms with van der Waals surface area (Å²) in [7, 11) is -4.28. The Labute approximate surface area is 73.7 Å². The van der Waals surface area contributed by atoms with Crippen molar-refractivity contribution in [3.63, 3.8) is 0 Å². The normalized spacial score (nSPS) is 11.5. The average molecular weight is 212 g/mol. The topological polar surface area (TPSA) is 138 Å². The molecule has 0 heterocycles. The van der Waals surface area contributed by atoms with Gasteiger partial charge in [0.15, 0.2) is 0 Å². The van der Waals surface area contributed by atoms with Crippen LogP contribution in [0.15, 0.2) is 0 Å². The monoisotopic (exact) mass is 212 g/mol. The molecule has 13 heavy (non-hydrogen) atoms. The van der Waals surface area contributed by atoms with E-state index in [1.165, 1.54) is 0 Å². The van der Waals surface area contributed by atoms with Crippen LogP contribution in [0, 0.1) is 0 Å². The molecular formula is C4H8N2O6S. The van der Waals surface area contributed by atoms with Crippen molar-refractivity contribution in [2.24, 2.45) is 5.14 Å². The molecule has 0 saturated carbocycles. The molecule has 0 aromatic rings. The van der Waals surface area contributed by atoms with Gasteiger partial charge in [-0.25, -0.2) is 5.14 Å². The first-order valence-electron chi connectivity index (χ1n) is 2.95. The van der Waals surface area contributed by atoms with Crippen molar-refractivity contribution in [1.29, 1.82) is 0 Å². The van der Waals surface area contributed by atoms with E-state index in [2.05, 4.69) is 5.14 Å². The highest BCUT2D eigenvalue weighted by atomic mass is 32.2. The third-order valence-corrected chi connectivity index (χ3v) is 1.96. The van der Waals surface area contributed by atoms with Crippen LogP contribution < -0.4 is 5.14 Å². The van der Waals surface area contributed by atoms with Gasteiger partial charge in [0.05, 0.1) is 0 Å². The molecule has 0 spiro atoms. The first-order chi connectivity index (χ1) is 5.73. The number of carbonyl (C=O) groups is 2. The molecule has 0 radical (unpaired) electrons. The maximum absolute atomic E-state index is 10.6. The number of carboxylic acid groups (broad SMARTS) is 2. The van der Waals surface area contributed by atoms with Crippen molar-refractivity contribution in [3.05, 3.63) is 0 Å². The molecule has 4 N–H and O–H groups in total. The first kappa shape index (κ1) is 11.8. The maximum atomic E-state index is 10.6. The predicted octanol–water partition coefficient (Wildman–Crippen LogP) is -2.34. The Hall–Kier alpha value is -1.19. The maximum Gasteiger partial charge on any atom is 0.318 e. The van der Waals surface area contributed by atoms with E-state index in [0.717, 1.165) is 0 Å². The lowest BCUT2D eigenvalue weighted by Crippen LogP contribution is -2.43. The molecule has 0 aliphatic carbocycles. The standard InChI is InChI=1S/C4H8N2O6S/c5-13(11,12)6(1-3(7)8)2-4(9)10/h1-2H2,(H,7,8)(H,9,10)(H2,5,11,12). The second-order valence-corrected chi connectivity index (χ2v) is 3.65. The van der Waals surface area contributed by atoms with E-state index in [9.17, 15) is 18.0 Å². The summed E-state index contributed by atoms with van der Waals surface area (Å²) in [6.45, 7) is -1.93. The largest absolute Gasteiger partial charge is 0.480 e. The lowest BCUT2D eigenvalue weighted by atomic mass is 10.6. The van der Waals surface area contributed by atoms with Crippen LogP contribution in [-0.4, -0.2) is 48.0 Å². The van der Waals surface area contributed by atoms with Crippen LogP contribution in [0.1, 0.15) is 0 Å².